The quantitative estimate of drug-likeness (QED) is 0.104. The topological polar surface area (TPSA) is 134 Å². The molecule has 4 aromatic carbocycles. The molecule has 4 aromatic rings. The molecule has 0 amide bonds. The van der Waals surface area contributed by atoms with E-state index in [-0.39, 0.29) is 86.3 Å². The van der Waals surface area contributed by atoms with E-state index < -0.39 is 0 Å². The fourth-order valence-electron chi connectivity index (χ4n) is 3.37. The molecular formula is C32H28ClO8Zn2+3. The van der Waals surface area contributed by atoms with Gasteiger partial charge in [-0.25, -0.2) is 9.59 Å². The van der Waals surface area contributed by atoms with Crippen LogP contribution in [0.5, 0.6) is 23.0 Å². The summed E-state index contributed by atoms with van der Waals surface area (Å²) in [4.78, 5) is 22.6. The molecule has 8 nitrogen and oxygen atoms in total. The maximum absolute atomic E-state index is 11.3. The Morgan fingerprint density at radius 3 is 1.05 bits per heavy atom. The Morgan fingerprint density at radius 1 is 0.488 bits per heavy atom. The van der Waals surface area contributed by atoms with E-state index in [0.717, 1.165) is 22.3 Å². The maximum Gasteiger partial charge on any atom is 2.00 e. The molecule has 4 rings (SSSR count). The molecule has 0 bridgehead atoms. The average molecular weight is 707 g/mol. The van der Waals surface area contributed by atoms with Crippen molar-refractivity contribution in [3.05, 3.63) is 118 Å². The smallest absolute Gasteiger partial charge is 1.00 e. The predicted molar refractivity (Wildman–Crippen MR) is 153 cm³/mol. The SMILES string of the molecule is COC(=O)c1ccc(/C=C/c2ccc(O)c(O)c2)cc1.COC(=O)c1ccc(/C=C/c2ccc(O)c(O)c2)cc1.[Cl-].[Zn+2].[Zn+2]. The number of phenolic OH excluding ortho intramolecular Hbond substituents is 4. The number of carbonyl (C=O) groups excluding carboxylic acids is 2. The van der Waals surface area contributed by atoms with Gasteiger partial charge in [-0.2, -0.15) is 0 Å². The number of ether oxygens (including phenoxy) is 2. The van der Waals surface area contributed by atoms with Crippen LogP contribution in [-0.4, -0.2) is 46.6 Å². The summed E-state index contributed by atoms with van der Waals surface area (Å²) >= 11 is 0. The molecule has 0 aliphatic rings. The van der Waals surface area contributed by atoms with E-state index in [1.54, 1.807) is 72.8 Å². The first-order valence-corrected chi connectivity index (χ1v) is 12.0. The Morgan fingerprint density at radius 2 is 0.767 bits per heavy atom. The van der Waals surface area contributed by atoms with Crippen LogP contribution in [0.15, 0.2) is 84.9 Å². The van der Waals surface area contributed by atoms with Crippen LogP contribution in [0.2, 0.25) is 0 Å². The molecule has 0 heterocycles. The molecule has 4 N–H and O–H groups in total. The molecule has 0 aromatic heterocycles. The Labute approximate surface area is 281 Å². The number of phenols is 4. The Hall–Kier alpha value is -3.96. The van der Waals surface area contributed by atoms with Gasteiger partial charge in [0, 0.05) is 0 Å². The second-order valence-electron chi connectivity index (χ2n) is 8.39. The standard InChI is InChI=1S/2C16H14O4.ClH.2Zn/c2*1-20-16(19)13-7-4-11(5-8-13)2-3-12-6-9-14(17)15(18)10-12;;;/h2*2-10,17-18H,1H3;1H;;/q;;;2*+2/p-1/b2*3-2+;;;. The van der Waals surface area contributed by atoms with Gasteiger partial charge in [-0.15, -0.1) is 0 Å². The molecule has 0 saturated heterocycles. The van der Waals surface area contributed by atoms with Crippen molar-refractivity contribution in [1.82, 2.24) is 0 Å². The van der Waals surface area contributed by atoms with Gasteiger partial charge < -0.3 is 42.3 Å². The van der Waals surface area contributed by atoms with Gasteiger partial charge in [0.05, 0.1) is 25.3 Å². The zero-order chi connectivity index (χ0) is 29.1. The maximum atomic E-state index is 11.3. The van der Waals surface area contributed by atoms with Crippen LogP contribution in [0.1, 0.15) is 43.0 Å². The third-order valence-corrected chi connectivity index (χ3v) is 5.60. The van der Waals surface area contributed by atoms with E-state index >= 15 is 0 Å². The van der Waals surface area contributed by atoms with Gasteiger partial charge >= 0.3 is 50.9 Å². The molecule has 0 atom stereocenters. The van der Waals surface area contributed by atoms with E-state index in [1.807, 2.05) is 12.2 Å². The minimum Gasteiger partial charge on any atom is -1.00 e. The first-order chi connectivity index (χ1) is 19.2. The summed E-state index contributed by atoms with van der Waals surface area (Å²) in [5.74, 6) is -1.36. The van der Waals surface area contributed by atoms with Crippen molar-refractivity contribution in [2.24, 2.45) is 0 Å². The number of hydrogen-bond donors (Lipinski definition) is 4. The van der Waals surface area contributed by atoms with Crippen molar-refractivity contribution in [2.75, 3.05) is 14.2 Å². The van der Waals surface area contributed by atoms with E-state index in [2.05, 4.69) is 9.47 Å². The van der Waals surface area contributed by atoms with Crippen molar-refractivity contribution in [2.45, 2.75) is 0 Å². The number of rotatable bonds is 6. The molecule has 0 radical (unpaired) electrons. The molecule has 11 heteroatoms. The number of aromatic hydroxyl groups is 4. The summed E-state index contributed by atoms with van der Waals surface area (Å²) in [6.45, 7) is 0. The molecule has 43 heavy (non-hydrogen) atoms. The zero-order valence-corrected chi connectivity index (χ0v) is 30.3. The molecule has 0 fully saturated rings. The number of methoxy groups -OCH3 is 2. The van der Waals surface area contributed by atoms with Crippen molar-refractivity contribution in [3.63, 3.8) is 0 Å². The molecule has 0 aliphatic heterocycles. The van der Waals surface area contributed by atoms with Crippen LogP contribution in [0, 0.1) is 0 Å². The number of hydrogen-bond acceptors (Lipinski definition) is 8. The summed E-state index contributed by atoms with van der Waals surface area (Å²) in [5, 5.41) is 37.2. The molecular weight excluding hydrogens is 679 g/mol. The van der Waals surface area contributed by atoms with Crippen LogP contribution < -0.4 is 12.4 Å². The van der Waals surface area contributed by atoms with Gasteiger partial charge in [-0.3, -0.25) is 0 Å². The first kappa shape index (κ1) is 39.0. The molecule has 212 valence electrons. The fraction of sp³-hybridized carbons (Fsp3) is 0.0625. The van der Waals surface area contributed by atoms with Gasteiger partial charge in [-0.1, -0.05) is 60.7 Å². The monoisotopic (exact) mass is 703 g/mol. The summed E-state index contributed by atoms with van der Waals surface area (Å²) in [6, 6.07) is 23.1. The van der Waals surface area contributed by atoms with Gasteiger partial charge in [-0.05, 0) is 70.8 Å². The average Bonchev–Trinajstić information content (AvgIpc) is 2.98. The molecule has 0 saturated carbocycles. The predicted octanol–water partition coefficient (Wildman–Crippen LogP) is 3.11. The summed E-state index contributed by atoms with van der Waals surface area (Å²) in [5.41, 5.74) is 4.32. The largest absolute Gasteiger partial charge is 2.00 e. The van der Waals surface area contributed by atoms with Crippen molar-refractivity contribution in [1.29, 1.82) is 0 Å². The Bertz CT molecular complexity index is 1420. The molecule has 0 unspecified atom stereocenters. The molecule has 0 spiro atoms. The van der Waals surface area contributed by atoms with Gasteiger partial charge in [0.1, 0.15) is 0 Å². The van der Waals surface area contributed by atoms with Crippen molar-refractivity contribution < 1.29 is 90.9 Å². The summed E-state index contributed by atoms with van der Waals surface area (Å²) < 4.78 is 9.24. The molecule has 0 aliphatic carbocycles. The minimum atomic E-state index is -0.371. The zero-order valence-electron chi connectivity index (χ0n) is 23.6. The Balaban J connectivity index is 0.000000767. The van der Waals surface area contributed by atoms with Gasteiger partial charge in [0.15, 0.2) is 23.0 Å². The number of halogens is 1. The van der Waals surface area contributed by atoms with E-state index in [9.17, 15) is 30.0 Å². The summed E-state index contributed by atoms with van der Waals surface area (Å²) in [6.07, 6.45) is 7.28. The normalized spacial score (nSPS) is 9.91. The van der Waals surface area contributed by atoms with Crippen LogP contribution in [0.25, 0.3) is 24.3 Å². The Kier molecular flexibility index (Phi) is 17.5. The number of carbonyl (C=O) groups is 2. The van der Waals surface area contributed by atoms with E-state index in [1.165, 1.54) is 38.5 Å². The third-order valence-electron chi connectivity index (χ3n) is 5.60. The first-order valence-electron chi connectivity index (χ1n) is 12.0. The minimum absolute atomic E-state index is 0. The van der Waals surface area contributed by atoms with Gasteiger partial charge in [0.25, 0.3) is 0 Å². The second-order valence-corrected chi connectivity index (χ2v) is 8.39. The van der Waals surface area contributed by atoms with Crippen LogP contribution in [-0.2, 0) is 48.4 Å². The van der Waals surface area contributed by atoms with E-state index in [0.29, 0.717) is 11.1 Å². The number of benzene rings is 4. The van der Waals surface area contributed by atoms with Crippen LogP contribution in [0.3, 0.4) is 0 Å². The number of esters is 2. The van der Waals surface area contributed by atoms with Crippen molar-refractivity contribution in [3.8, 4) is 23.0 Å². The summed E-state index contributed by atoms with van der Waals surface area (Å²) in [7, 11) is 2.68. The third kappa shape index (κ3) is 12.0. The van der Waals surface area contributed by atoms with Crippen LogP contribution in [0.4, 0.5) is 0 Å². The fourth-order valence-corrected chi connectivity index (χ4v) is 3.37. The van der Waals surface area contributed by atoms with E-state index in [4.69, 9.17) is 0 Å². The van der Waals surface area contributed by atoms with Crippen molar-refractivity contribution >= 4 is 36.2 Å². The second kappa shape index (κ2) is 19.3. The van der Waals surface area contributed by atoms with Gasteiger partial charge in [0.2, 0.25) is 0 Å². The van der Waals surface area contributed by atoms with Crippen LogP contribution >= 0.6 is 0 Å².